The van der Waals surface area contributed by atoms with E-state index in [1.165, 1.54) is 5.57 Å². The minimum Gasteiger partial charge on any atom is -0.330 e. The molecule has 2 aromatic rings. The van der Waals surface area contributed by atoms with Crippen LogP contribution in [0.25, 0.3) is 16.8 Å². The van der Waals surface area contributed by atoms with Gasteiger partial charge in [0, 0.05) is 30.6 Å². The van der Waals surface area contributed by atoms with Gasteiger partial charge in [0.25, 0.3) is 0 Å². The lowest BCUT2D eigenvalue weighted by molar-refractivity contribution is -0.118. The summed E-state index contributed by atoms with van der Waals surface area (Å²) in [4.78, 5) is 14.6. The lowest BCUT2D eigenvalue weighted by Crippen LogP contribution is -2.35. The Balaban J connectivity index is 1.94. The molecule has 2 aliphatic rings. The first-order valence-electron chi connectivity index (χ1n) is 8.19. The Hall–Kier alpha value is -2.73. The van der Waals surface area contributed by atoms with Crippen molar-refractivity contribution in [3.63, 3.8) is 0 Å². The number of benzene rings is 1. The molecule has 0 bridgehead atoms. The van der Waals surface area contributed by atoms with E-state index in [4.69, 9.17) is 5.73 Å². The standard InChI is InChI=1S/C18H19N5O/c19-10-9-16(24)23-11-12-5-1-2-6-13(12)17-18(21-22-20-17)14-7-3-4-8-15(14)23/h2-4,6-8H,1,5,9-11,19H2,(H,20,21,22). The normalized spacial score (nSPS) is 16.1. The number of fused-ring (bicyclic) bond motifs is 4. The van der Waals surface area contributed by atoms with Crippen LogP contribution in [0.3, 0.4) is 0 Å². The molecule has 0 fully saturated rings. The van der Waals surface area contributed by atoms with Crippen LogP contribution in [0.4, 0.5) is 5.69 Å². The zero-order chi connectivity index (χ0) is 16.5. The number of amides is 1. The maximum atomic E-state index is 12.7. The number of carbonyl (C=O) groups excluding carboxylic acids is 1. The Bertz CT molecular complexity index is 849. The summed E-state index contributed by atoms with van der Waals surface area (Å²) in [5.74, 6) is 0.0401. The lowest BCUT2D eigenvalue weighted by Gasteiger charge is -2.30. The summed E-state index contributed by atoms with van der Waals surface area (Å²) in [5.41, 5.74) is 11.3. The highest BCUT2D eigenvalue weighted by molar-refractivity contribution is 6.01. The maximum Gasteiger partial charge on any atom is 0.228 e. The number of H-pyrrole nitrogens is 1. The van der Waals surface area contributed by atoms with Gasteiger partial charge >= 0.3 is 0 Å². The lowest BCUT2D eigenvalue weighted by atomic mass is 9.90. The molecule has 2 heterocycles. The molecule has 6 nitrogen and oxygen atoms in total. The molecule has 24 heavy (non-hydrogen) atoms. The predicted octanol–water partition coefficient (Wildman–Crippen LogP) is 2.27. The Morgan fingerprint density at radius 1 is 1.25 bits per heavy atom. The van der Waals surface area contributed by atoms with Crippen molar-refractivity contribution in [3.8, 4) is 11.3 Å². The van der Waals surface area contributed by atoms with Crippen molar-refractivity contribution in [3.05, 3.63) is 47.7 Å². The third-order valence-electron chi connectivity index (χ3n) is 4.54. The van der Waals surface area contributed by atoms with Crippen molar-refractivity contribution in [2.75, 3.05) is 18.0 Å². The zero-order valence-corrected chi connectivity index (χ0v) is 13.3. The SMILES string of the molecule is NCCC(=O)N1CC2=C(C=CCC2)c2n[nH]nc2-c2ccccc21. The summed E-state index contributed by atoms with van der Waals surface area (Å²) in [7, 11) is 0. The molecule has 3 N–H and O–H groups in total. The number of hydrogen-bond acceptors (Lipinski definition) is 4. The first-order valence-corrected chi connectivity index (χ1v) is 8.19. The molecule has 1 aromatic carbocycles. The van der Waals surface area contributed by atoms with Crippen LogP contribution in [-0.2, 0) is 4.79 Å². The highest BCUT2D eigenvalue weighted by atomic mass is 16.2. The van der Waals surface area contributed by atoms with Crippen LogP contribution in [0.2, 0.25) is 0 Å². The summed E-state index contributed by atoms with van der Waals surface area (Å²) < 4.78 is 0. The van der Waals surface area contributed by atoms with Gasteiger partial charge in [0.1, 0.15) is 11.4 Å². The third-order valence-corrected chi connectivity index (χ3v) is 4.54. The number of aromatic amines is 1. The minimum atomic E-state index is 0.0401. The van der Waals surface area contributed by atoms with E-state index in [0.717, 1.165) is 41.1 Å². The molecule has 0 saturated heterocycles. The Labute approximate surface area is 140 Å². The van der Waals surface area contributed by atoms with Gasteiger partial charge in [-0.1, -0.05) is 30.4 Å². The molecule has 4 rings (SSSR count). The van der Waals surface area contributed by atoms with Crippen molar-refractivity contribution >= 4 is 17.2 Å². The summed E-state index contributed by atoms with van der Waals surface area (Å²) in [6.45, 7) is 0.917. The van der Waals surface area contributed by atoms with Crippen LogP contribution in [0, 0.1) is 0 Å². The number of nitrogens with one attached hydrogen (secondary N) is 1. The average molecular weight is 321 g/mol. The van der Waals surface area contributed by atoms with Gasteiger partial charge in [-0.3, -0.25) is 4.79 Å². The van der Waals surface area contributed by atoms with Crippen molar-refractivity contribution in [1.29, 1.82) is 0 Å². The van der Waals surface area contributed by atoms with E-state index in [2.05, 4.69) is 27.6 Å². The average Bonchev–Trinajstić information content (AvgIpc) is 3.08. The maximum absolute atomic E-state index is 12.7. The summed E-state index contributed by atoms with van der Waals surface area (Å²) >= 11 is 0. The molecule has 122 valence electrons. The van der Waals surface area contributed by atoms with Gasteiger partial charge in [0.2, 0.25) is 5.91 Å². The van der Waals surface area contributed by atoms with Crippen molar-refractivity contribution < 1.29 is 4.79 Å². The Morgan fingerprint density at radius 3 is 2.96 bits per heavy atom. The Morgan fingerprint density at radius 2 is 2.08 bits per heavy atom. The number of carbonyl (C=O) groups is 1. The molecule has 1 aliphatic carbocycles. The largest absolute Gasteiger partial charge is 0.330 e. The summed E-state index contributed by atoms with van der Waals surface area (Å²) in [5, 5.41) is 11.5. The second-order valence-electron chi connectivity index (χ2n) is 6.01. The number of aromatic nitrogens is 3. The van der Waals surface area contributed by atoms with E-state index in [1.807, 2.05) is 29.2 Å². The van der Waals surface area contributed by atoms with Crippen molar-refractivity contribution in [2.24, 2.45) is 5.73 Å². The van der Waals surface area contributed by atoms with E-state index in [9.17, 15) is 4.79 Å². The van der Waals surface area contributed by atoms with E-state index in [0.29, 0.717) is 19.5 Å². The third kappa shape index (κ3) is 2.35. The zero-order valence-electron chi connectivity index (χ0n) is 13.3. The predicted molar refractivity (Wildman–Crippen MR) is 93.1 cm³/mol. The number of para-hydroxylation sites is 1. The van der Waals surface area contributed by atoms with Crippen LogP contribution in [-0.4, -0.2) is 34.4 Å². The van der Waals surface area contributed by atoms with Gasteiger partial charge in [-0.2, -0.15) is 15.4 Å². The van der Waals surface area contributed by atoms with Gasteiger partial charge in [0.15, 0.2) is 0 Å². The highest BCUT2D eigenvalue weighted by Gasteiger charge is 2.28. The molecule has 1 aliphatic heterocycles. The highest BCUT2D eigenvalue weighted by Crippen LogP contribution is 2.39. The first kappa shape index (κ1) is 14.8. The molecule has 1 amide bonds. The van der Waals surface area contributed by atoms with E-state index in [1.54, 1.807) is 0 Å². The fraction of sp³-hybridized carbons (Fsp3) is 0.278. The van der Waals surface area contributed by atoms with Gasteiger partial charge in [-0.15, -0.1) is 0 Å². The fourth-order valence-corrected chi connectivity index (χ4v) is 3.39. The van der Waals surface area contributed by atoms with E-state index in [-0.39, 0.29) is 5.91 Å². The number of nitrogens with two attached hydrogens (primary N) is 1. The molecular formula is C18H19N5O. The number of allylic oxidation sites excluding steroid dienone is 3. The van der Waals surface area contributed by atoms with Crippen molar-refractivity contribution in [2.45, 2.75) is 19.3 Å². The number of nitrogens with zero attached hydrogens (tertiary/aromatic N) is 3. The van der Waals surface area contributed by atoms with Gasteiger partial charge < -0.3 is 10.6 Å². The fourth-order valence-electron chi connectivity index (χ4n) is 3.39. The van der Waals surface area contributed by atoms with E-state index >= 15 is 0 Å². The first-order chi connectivity index (χ1) is 11.8. The molecule has 0 radical (unpaired) electrons. The number of rotatable bonds is 2. The van der Waals surface area contributed by atoms with Gasteiger partial charge in [0.05, 0.1) is 5.69 Å². The van der Waals surface area contributed by atoms with Crippen LogP contribution >= 0.6 is 0 Å². The van der Waals surface area contributed by atoms with E-state index < -0.39 is 0 Å². The second-order valence-corrected chi connectivity index (χ2v) is 6.01. The van der Waals surface area contributed by atoms with Crippen LogP contribution in [0.15, 0.2) is 42.0 Å². The number of hydrogen-bond donors (Lipinski definition) is 2. The molecule has 0 atom stereocenters. The molecule has 0 unspecified atom stereocenters. The molecular weight excluding hydrogens is 302 g/mol. The van der Waals surface area contributed by atoms with Crippen molar-refractivity contribution in [1.82, 2.24) is 15.4 Å². The van der Waals surface area contributed by atoms with Crippen LogP contribution < -0.4 is 10.6 Å². The van der Waals surface area contributed by atoms with Gasteiger partial charge in [-0.05, 0) is 24.5 Å². The summed E-state index contributed by atoms with van der Waals surface area (Å²) in [6.07, 6.45) is 6.48. The molecule has 0 spiro atoms. The Kier molecular flexibility index (Phi) is 3.74. The minimum absolute atomic E-state index is 0.0401. The second kappa shape index (κ2) is 6.05. The molecule has 0 saturated carbocycles. The smallest absolute Gasteiger partial charge is 0.228 e. The molecule has 1 aromatic heterocycles. The quantitative estimate of drug-likeness (QED) is 0.888. The van der Waals surface area contributed by atoms with Gasteiger partial charge in [-0.25, -0.2) is 0 Å². The van der Waals surface area contributed by atoms with Crippen LogP contribution in [0.5, 0.6) is 0 Å². The molecule has 6 heteroatoms. The monoisotopic (exact) mass is 321 g/mol. The topological polar surface area (TPSA) is 87.9 Å². The summed E-state index contributed by atoms with van der Waals surface area (Å²) in [6, 6.07) is 7.85. The number of anilines is 1. The van der Waals surface area contributed by atoms with Crippen LogP contribution in [0.1, 0.15) is 25.0 Å².